The maximum Gasteiger partial charge on any atom is 0.387 e. The molecule has 0 aromatic heterocycles. The molecular formula is C18H18F2N2O3. The number of amides is 2. The molecule has 0 radical (unpaired) electrons. The quantitative estimate of drug-likeness (QED) is 0.808. The van der Waals surface area contributed by atoms with Gasteiger partial charge >= 0.3 is 6.61 Å². The highest BCUT2D eigenvalue weighted by Gasteiger charge is 2.15. The van der Waals surface area contributed by atoms with Gasteiger partial charge in [0.1, 0.15) is 5.75 Å². The molecule has 7 heteroatoms. The zero-order valence-electron chi connectivity index (χ0n) is 13.6. The van der Waals surface area contributed by atoms with Gasteiger partial charge in [-0.25, -0.2) is 0 Å². The van der Waals surface area contributed by atoms with Crippen LogP contribution in [-0.4, -0.2) is 25.0 Å². The monoisotopic (exact) mass is 348 g/mol. The first-order valence-corrected chi connectivity index (χ1v) is 7.60. The minimum atomic E-state index is -3.04. The van der Waals surface area contributed by atoms with Crippen molar-refractivity contribution in [2.24, 2.45) is 0 Å². The lowest BCUT2D eigenvalue weighted by Crippen LogP contribution is -2.36. The Kier molecular flexibility index (Phi) is 6.45. The van der Waals surface area contributed by atoms with E-state index in [1.807, 2.05) is 31.2 Å². The van der Waals surface area contributed by atoms with Crippen molar-refractivity contribution in [2.45, 2.75) is 20.1 Å². The predicted octanol–water partition coefficient (Wildman–Crippen LogP) is 2.64. The number of rotatable bonds is 7. The van der Waals surface area contributed by atoms with Gasteiger partial charge < -0.3 is 15.4 Å². The van der Waals surface area contributed by atoms with Gasteiger partial charge in [0, 0.05) is 6.54 Å². The largest absolute Gasteiger partial charge is 0.434 e. The summed E-state index contributed by atoms with van der Waals surface area (Å²) in [5.74, 6) is -1.29. The van der Waals surface area contributed by atoms with Crippen LogP contribution in [0.3, 0.4) is 0 Å². The van der Waals surface area contributed by atoms with Crippen molar-refractivity contribution in [1.29, 1.82) is 0 Å². The average molecular weight is 348 g/mol. The van der Waals surface area contributed by atoms with Crippen LogP contribution in [0.5, 0.6) is 5.75 Å². The van der Waals surface area contributed by atoms with E-state index in [9.17, 15) is 18.4 Å². The van der Waals surface area contributed by atoms with Crippen LogP contribution in [0.4, 0.5) is 8.78 Å². The lowest BCUT2D eigenvalue weighted by Gasteiger charge is -2.11. The van der Waals surface area contributed by atoms with E-state index in [1.54, 1.807) is 0 Å². The van der Waals surface area contributed by atoms with Crippen LogP contribution in [0, 0.1) is 6.92 Å². The third kappa shape index (κ3) is 5.87. The first kappa shape index (κ1) is 18.4. The Bertz CT molecular complexity index is 733. The summed E-state index contributed by atoms with van der Waals surface area (Å²) in [7, 11) is 0. The summed E-state index contributed by atoms with van der Waals surface area (Å²) < 4.78 is 29.0. The molecule has 0 spiro atoms. The van der Waals surface area contributed by atoms with Crippen molar-refractivity contribution < 1.29 is 23.1 Å². The third-order valence-electron chi connectivity index (χ3n) is 3.37. The molecule has 0 unspecified atom stereocenters. The summed E-state index contributed by atoms with van der Waals surface area (Å²) in [6.07, 6.45) is 0. The van der Waals surface area contributed by atoms with E-state index in [0.717, 1.165) is 11.1 Å². The van der Waals surface area contributed by atoms with E-state index in [4.69, 9.17) is 0 Å². The summed E-state index contributed by atoms with van der Waals surface area (Å²) in [6, 6.07) is 13.3. The van der Waals surface area contributed by atoms with Crippen molar-refractivity contribution >= 4 is 11.8 Å². The number of para-hydroxylation sites is 1. The normalized spacial score (nSPS) is 10.4. The topological polar surface area (TPSA) is 67.4 Å². The van der Waals surface area contributed by atoms with E-state index in [1.165, 1.54) is 24.3 Å². The highest BCUT2D eigenvalue weighted by Crippen LogP contribution is 2.19. The molecule has 0 heterocycles. The standard InChI is InChI=1S/C18H18F2N2O3/c1-12-6-8-13(9-7-12)10-21-16(23)11-22-17(24)14-4-2-3-5-15(14)25-18(19)20/h2-9,18H,10-11H2,1H3,(H,21,23)(H,22,24). The zero-order chi connectivity index (χ0) is 18.2. The van der Waals surface area contributed by atoms with E-state index in [2.05, 4.69) is 15.4 Å². The number of benzene rings is 2. The Morgan fingerprint density at radius 1 is 1.04 bits per heavy atom. The summed E-state index contributed by atoms with van der Waals surface area (Å²) in [5, 5.41) is 5.05. The number of alkyl halides is 2. The number of nitrogens with one attached hydrogen (secondary N) is 2. The fraction of sp³-hybridized carbons (Fsp3) is 0.222. The smallest absolute Gasteiger partial charge is 0.387 e. The maximum absolute atomic E-state index is 12.3. The second-order valence-corrected chi connectivity index (χ2v) is 5.32. The molecule has 2 aromatic carbocycles. The molecule has 132 valence electrons. The number of carbonyl (C=O) groups is 2. The number of halogens is 2. The Balaban J connectivity index is 1.85. The highest BCUT2D eigenvalue weighted by molar-refractivity contribution is 5.98. The van der Waals surface area contributed by atoms with Gasteiger partial charge in [0.05, 0.1) is 12.1 Å². The zero-order valence-corrected chi connectivity index (χ0v) is 13.6. The predicted molar refractivity (Wildman–Crippen MR) is 88.4 cm³/mol. The second-order valence-electron chi connectivity index (χ2n) is 5.32. The molecule has 2 N–H and O–H groups in total. The fourth-order valence-electron chi connectivity index (χ4n) is 2.08. The van der Waals surface area contributed by atoms with E-state index >= 15 is 0 Å². The van der Waals surface area contributed by atoms with Gasteiger partial charge in [0.25, 0.3) is 5.91 Å². The van der Waals surface area contributed by atoms with Gasteiger partial charge in [-0.2, -0.15) is 8.78 Å². The van der Waals surface area contributed by atoms with Crippen LogP contribution < -0.4 is 15.4 Å². The van der Waals surface area contributed by atoms with E-state index < -0.39 is 12.5 Å². The van der Waals surface area contributed by atoms with Gasteiger partial charge in [0.2, 0.25) is 5.91 Å². The summed E-state index contributed by atoms with van der Waals surface area (Å²) in [5.41, 5.74) is 1.99. The SMILES string of the molecule is Cc1ccc(CNC(=O)CNC(=O)c2ccccc2OC(F)F)cc1. The second kappa shape index (κ2) is 8.77. The van der Waals surface area contributed by atoms with Crippen molar-refractivity contribution in [1.82, 2.24) is 10.6 Å². The van der Waals surface area contributed by atoms with Gasteiger partial charge in [0.15, 0.2) is 0 Å². The first-order valence-electron chi connectivity index (χ1n) is 7.60. The molecule has 2 aromatic rings. The fourth-order valence-corrected chi connectivity index (χ4v) is 2.08. The molecular weight excluding hydrogens is 330 g/mol. The first-order chi connectivity index (χ1) is 12.0. The molecule has 0 bridgehead atoms. The van der Waals surface area contributed by atoms with Gasteiger partial charge in [-0.1, -0.05) is 42.0 Å². The van der Waals surface area contributed by atoms with Gasteiger partial charge in [-0.3, -0.25) is 9.59 Å². The van der Waals surface area contributed by atoms with Crippen LogP contribution in [0.1, 0.15) is 21.5 Å². The molecule has 0 saturated carbocycles. The van der Waals surface area contributed by atoms with Gasteiger partial charge in [-0.15, -0.1) is 0 Å². The lowest BCUT2D eigenvalue weighted by molar-refractivity contribution is -0.120. The summed E-state index contributed by atoms with van der Waals surface area (Å²) >= 11 is 0. The minimum absolute atomic E-state index is 0.0610. The number of ether oxygens (including phenoxy) is 1. The Morgan fingerprint density at radius 2 is 1.72 bits per heavy atom. The van der Waals surface area contributed by atoms with E-state index in [-0.39, 0.29) is 23.8 Å². The molecule has 2 amide bonds. The molecule has 5 nitrogen and oxygen atoms in total. The van der Waals surface area contributed by atoms with Crippen LogP contribution in [0.2, 0.25) is 0 Å². The van der Waals surface area contributed by atoms with Crippen LogP contribution in [0.15, 0.2) is 48.5 Å². The molecule has 0 aliphatic rings. The van der Waals surface area contributed by atoms with Gasteiger partial charge in [-0.05, 0) is 24.6 Å². The molecule has 0 saturated heterocycles. The number of hydrogen-bond acceptors (Lipinski definition) is 3. The highest BCUT2D eigenvalue weighted by atomic mass is 19.3. The molecule has 0 fully saturated rings. The van der Waals surface area contributed by atoms with E-state index in [0.29, 0.717) is 6.54 Å². The van der Waals surface area contributed by atoms with Crippen molar-refractivity contribution in [3.05, 3.63) is 65.2 Å². The minimum Gasteiger partial charge on any atom is -0.434 e. The molecule has 0 aliphatic carbocycles. The Morgan fingerprint density at radius 3 is 2.40 bits per heavy atom. The lowest BCUT2D eigenvalue weighted by atomic mass is 10.1. The van der Waals surface area contributed by atoms with Crippen LogP contribution >= 0.6 is 0 Å². The Hall–Kier alpha value is -2.96. The number of hydrogen-bond donors (Lipinski definition) is 2. The van der Waals surface area contributed by atoms with Crippen LogP contribution in [0.25, 0.3) is 0 Å². The maximum atomic E-state index is 12.3. The molecule has 0 atom stereocenters. The van der Waals surface area contributed by atoms with Crippen molar-refractivity contribution in [3.8, 4) is 5.75 Å². The molecule has 25 heavy (non-hydrogen) atoms. The third-order valence-corrected chi connectivity index (χ3v) is 3.37. The number of carbonyl (C=O) groups excluding carboxylic acids is 2. The average Bonchev–Trinajstić information content (AvgIpc) is 2.59. The number of aryl methyl sites for hydroxylation is 1. The summed E-state index contributed by atoms with van der Waals surface area (Å²) in [4.78, 5) is 23.9. The molecule has 2 rings (SSSR count). The molecule has 0 aliphatic heterocycles. The van der Waals surface area contributed by atoms with Crippen molar-refractivity contribution in [3.63, 3.8) is 0 Å². The Labute approximate surface area is 144 Å². The van der Waals surface area contributed by atoms with Crippen LogP contribution in [-0.2, 0) is 11.3 Å². The van der Waals surface area contributed by atoms with Crippen molar-refractivity contribution in [2.75, 3.05) is 6.54 Å². The summed E-state index contributed by atoms with van der Waals surface area (Å²) in [6.45, 7) is -1.01.